The summed E-state index contributed by atoms with van der Waals surface area (Å²) in [6, 6.07) is 20.2. The predicted octanol–water partition coefficient (Wildman–Crippen LogP) is 7.62. The summed E-state index contributed by atoms with van der Waals surface area (Å²) in [6.45, 7) is 4.30. The second-order valence-corrected chi connectivity index (χ2v) is 8.64. The minimum Gasteiger partial charge on any atom is -0.508 e. The lowest BCUT2D eigenvalue weighted by Gasteiger charge is -2.06. The van der Waals surface area contributed by atoms with Crippen LogP contribution in [0.3, 0.4) is 0 Å². The molecule has 0 aliphatic heterocycles. The van der Waals surface area contributed by atoms with E-state index in [1.54, 1.807) is 24.3 Å². The van der Waals surface area contributed by atoms with Crippen molar-refractivity contribution in [1.29, 1.82) is 0 Å². The molecule has 0 aliphatic rings. The van der Waals surface area contributed by atoms with E-state index >= 15 is 0 Å². The number of hydrogen-bond acceptors (Lipinski definition) is 7. The highest BCUT2D eigenvalue weighted by atomic mass is 32.1. The summed E-state index contributed by atoms with van der Waals surface area (Å²) in [5.74, 6) is 1.05. The maximum Gasteiger partial charge on any atom is 0.311 e. The molecular formula is C26H24N2O4S. The standard InChI is InChI=1S/C26H24N2O4S/c1-3-5-24(30)32-25-22-14-17(2)8-13-23(22)33-26(25)28-27-19-7-4-6-18(15-19)16-31-21-11-9-20(29)10-12-21/h4,6-15,29H,3,5,16H2,1-2H3. The number of phenols is 1. The third-order valence-corrected chi connectivity index (χ3v) is 5.90. The Kier molecular flexibility index (Phi) is 7.00. The number of carbonyl (C=O) groups is 1. The molecule has 6 nitrogen and oxygen atoms in total. The molecule has 3 aromatic carbocycles. The molecule has 0 unspecified atom stereocenters. The van der Waals surface area contributed by atoms with Gasteiger partial charge in [0.25, 0.3) is 0 Å². The van der Waals surface area contributed by atoms with Crippen LogP contribution in [0.2, 0.25) is 0 Å². The van der Waals surface area contributed by atoms with Crippen molar-refractivity contribution >= 4 is 38.1 Å². The Morgan fingerprint density at radius 3 is 2.64 bits per heavy atom. The number of rotatable bonds is 8. The van der Waals surface area contributed by atoms with Gasteiger partial charge in [-0.15, -0.1) is 21.6 Å². The number of nitrogens with zero attached hydrogens (tertiary/aromatic N) is 2. The molecule has 168 valence electrons. The number of benzene rings is 3. The number of thiophene rings is 1. The first kappa shape index (κ1) is 22.5. The number of azo groups is 1. The van der Waals surface area contributed by atoms with Crippen LogP contribution in [0.5, 0.6) is 17.2 Å². The maximum atomic E-state index is 12.2. The second-order valence-electron chi connectivity index (χ2n) is 7.61. The van der Waals surface area contributed by atoms with Crippen LogP contribution >= 0.6 is 11.3 Å². The Balaban J connectivity index is 1.55. The molecular weight excluding hydrogens is 436 g/mol. The zero-order valence-electron chi connectivity index (χ0n) is 18.4. The van der Waals surface area contributed by atoms with E-state index in [9.17, 15) is 9.90 Å². The van der Waals surface area contributed by atoms with Gasteiger partial charge in [-0.3, -0.25) is 4.79 Å². The quantitative estimate of drug-likeness (QED) is 0.217. The molecule has 1 aromatic heterocycles. The molecule has 7 heteroatoms. The lowest BCUT2D eigenvalue weighted by molar-refractivity contribution is -0.134. The van der Waals surface area contributed by atoms with Crippen LogP contribution in [0.25, 0.3) is 10.1 Å². The minimum atomic E-state index is -0.275. The van der Waals surface area contributed by atoms with E-state index in [-0.39, 0.29) is 11.7 Å². The Morgan fingerprint density at radius 1 is 1.03 bits per heavy atom. The van der Waals surface area contributed by atoms with E-state index in [2.05, 4.69) is 10.2 Å². The Bertz CT molecular complexity index is 1300. The largest absolute Gasteiger partial charge is 0.508 e. The smallest absolute Gasteiger partial charge is 0.311 e. The molecule has 4 rings (SSSR count). The maximum absolute atomic E-state index is 12.2. The number of aryl methyl sites for hydroxylation is 1. The van der Waals surface area contributed by atoms with Gasteiger partial charge < -0.3 is 14.6 Å². The van der Waals surface area contributed by atoms with E-state index in [1.165, 1.54) is 11.3 Å². The summed E-state index contributed by atoms with van der Waals surface area (Å²) in [5, 5.41) is 19.6. The van der Waals surface area contributed by atoms with Crippen molar-refractivity contribution in [2.24, 2.45) is 10.2 Å². The summed E-state index contributed by atoms with van der Waals surface area (Å²) in [5.41, 5.74) is 2.68. The van der Waals surface area contributed by atoms with Crippen LogP contribution in [-0.4, -0.2) is 11.1 Å². The fraction of sp³-hybridized carbons (Fsp3) is 0.192. The molecule has 0 atom stereocenters. The van der Waals surface area contributed by atoms with Crippen LogP contribution in [0, 0.1) is 6.92 Å². The predicted molar refractivity (Wildman–Crippen MR) is 130 cm³/mol. The zero-order valence-corrected chi connectivity index (χ0v) is 19.3. The number of hydrogen-bond donors (Lipinski definition) is 1. The zero-order chi connectivity index (χ0) is 23.2. The lowest BCUT2D eigenvalue weighted by Crippen LogP contribution is -2.06. The van der Waals surface area contributed by atoms with Gasteiger partial charge in [0.05, 0.1) is 5.69 Å². The highest BCUT2D eigenvalue weighted by molar-refractivity contribution is 7.23. The number of esters is 1. The molecule has 0 amide bonds. The van der Waals surface area contributed by atoms with E-state index in [4.69, 9.17) is 9.47 Å². The first-order valence-corrected chi connectivity index (χ1v) is 11.5. The van der Waals surface area contributed by atoms with Gasteiger partial charge in [0.2, 0.25) is 0 Å². The molecule has 33 heavy (non-hydrogen) atoms. The fourth-order valence-electron chi connectivity index (χ4n) is 3.23. The molecule has 0 fully saturated rings. The third-order valence-electron chi connectivity index (χ3n) is 4.86. The second kappa shape index (κ2) is 10.3. The molecule has 0 aliphatic carbocycles. The van der Waals surface area contributed by atoms with E-state index in [1.807, 2.05) is 56.3 Å². The van der Waals surface area contributed by atoms with Crippen molar-refractivity contribution in [2.75, 3.05) is 0 Å². The normalized spacial score (nSPS) is 11.2. The van der Waals surface area contributed by atoms with Crippen molar-refractivity contribution in [2.45, 2.75) is 33.3 Å². The fourth-order valence-corrected chi connectivity index (χ4v) is 4.16. The van der Waals surface area contributed by atoms with Crippen LogP contribution in [0.4, 0.5) is 10.7 Å². The highest BCUT2D eigenvalue weighted by Gasteiger charge is 2.17. The third kappa shape index (κ3) is 5.75. The minimum absolute atomic E-state index is 0.195. The summed E-state index contributed by atoms with van der Waals surface area (Å²) in [6.07, 6.45) is 1.07. The van der Waals surface area contributed by atoms with Gasteiger partial charge in [0.15, 0.2) is 10.8 Å². The molecule has 0 radical (unpaired) electrons. The number of ether oxygens (including phenoxy) is 2. The molecule has 4 aromatic rings. The molecule has 0 saturated carbocycles. The van der Waals surface area contributed by atoms with E-state index in [0.717, 1.165) is 27.6 Å². The number of carbonyl (C=O) groups excluding carboxylic acids is 1. The van der Waals surface area contributed by atoms with Gasteiger partial charge in [0, 0.05) is 16.5 Å². The van der Waals surface area contributed by atoms with Crippen LogP contribution in [0.1, 0.15) is 30.9 Å². The summed E-state index contributed by atoms with van der Waals surface area (Å²) in [4.78, 5) is 12.2. The molecule has 1 N–H and O–H groups in total. The molecule has 1 heterocycles. The Labute approximate surface area is 196 Å². The Morgan fingerprint density at radius 2 is 1.85 bits per heavy atom. The van der Waals surface area contributed by atoms with Crippen molar-refractivity contribution in [1.82, 2.24) is 0 Å². The van der Waals surface area contributed by atoms with Gasteiger partial charge in [-0.05, 0) is 67.4 Å². The van der Waals surface area contributed by atoms with Gasteiger partial charge in [-0.1, -0.05) is 30.7 Å². The van der Waals surface area contributed by atoms with E-state index in [0.29, 0.717) is 35.2 Å². The van der Waals surface area contributed by atoms with Crippen LogP contribution in [-0.2, 0) is 11.4 Å². The molecule has 0 bridgehead atoms. The van der Waals surface area contributed by atoms with Gasteiger partial charge >= 0.3 is 5.97 Å². The average molecular weight is 461 g/mol. The monoisotopic (exact) mass is 460 g/mol. The van der Waals surface area contributed by atoms with Gasteiger partial charge in [-0.25, -0.2) is 0 Å². The summed E-state index contributed by atoms with van der Waals surface area (Å²) in [7, 11) is 0. The van der Waals surface area contributed by atoms with Crippen molar-refractivity contribution < 1.29 is 19.4 Å². The van der Waals surface area contributed by atoms with Crippen LogP contribution < -0.4 is 9.47 Å². The first-order valence-electron chi connectivity index (χ1n) is 10.7. The van der Waals surface area contributed by atoms with Crippen LogP contribution in [0.15, 0.2) is 77.0 Å². The van der Waals surface area contributed by atoms with Crippen molar-refractivity contribution in [3.63, 3.8) is 0 Å². The number of phenolic OH excluding ortho intramolecular Hbond substituents is 1. The molecule has 0 saturated heterocycles. The number of fused-ring (bicyclic) bond motifs is 1. The summed E-state index contributed by atoms with van der Waals surface area (Å²) >= 11 is 1.44. The first-order chi connectivity index (χ1) is 16.0. The average Bonchev–Trinajstić information content (AvgIpc) is 3.14. The molecule has 0 spiro atoms. The SMILES string of the molecule is CCCC(=O)Oc1c(N=Nc2cccc(COc3ccc(O)cc3)c2)sc2ccc(C)cc12. The number of aromatic hydroxyl groups is 1. The van der Waals surface area contributed by atoms with E-state index < -0.39 is 0 Å². The van der Waals surface area contributed by atoms with Gasteiger partial charge in [-0.2, -0.15) is 0 Å². The topological polar surface area (TPSA) is 80.5 Å². The van der Waals surface area contributed by atoms with Crippen molar-refractivity contribution in [3.05, 3.63) is 77.9 Å². The van der Waals surface area contributed by atoms with Crippen molar-refractivity contribution in [3.8, 4) is 17.2 Å². The van der Waals surface area contributed by atoms with Gasteiger partial charge in [0.1, 0.15) is 18.1 Å². The lowest BCUT2D eigenvalue weighted by atomic mass is 10.2. The highest BCUT2D eigenvalue weighted by Crippen LogP contribution is 2.45. The Hall–Kier alpha value is -3.71. The summed E-state index contributed by atoms with van der Waals surface area (Å²) < 4.78 is 12.4.